The van der Waals surface area contributed by atoms with Gasteiger partial charge in [-0.3, -0.25) is 0 Å². The second kappa shape index (κ2) is 15.5. The van der Waals surface area contributed by atoms with Crippen LogP contribution in [0.15, 0.2) is 223 Å². The number of hydrogen-bond acceptors (Lipinski definition) is 4. The number of aryl methyl sites for hydroxylation is 2. The average Bonchev–Trinajstić information content (AvgIpc) is 3.90. The quantitative estimate of drug-likeness (QED) is 0.146. The molecule has 9 aromatic carbocycles. The number of fused-ring (bicyclic) bond motifs is 4. The normalized spacial score (nSPS) is 11.4. The molecule has 11 aromatic rings. The Labute approximate surface area is 361 Å². The number of para-hydroxylation sites is 4. The molecule has 0 saturated heterocycles. The van der Waals surface area contributed by atoms with E-state index in [1.807, 2.05) is 30.3 Å². The second-order valence-electron chi connectivity index (χ2n) is 15.8. The number of oxazole rings is 1. The number of rotatable bonds is 9. The molecule has 0 unspecified atom stereocenters. The highest BCUT2D eigenvalue weighted by atomic mass is 16.3. The Kier molecular flexibility index (Phi) is 9.20. The molecule has 0 aliphatic rings. The van der Waals surface area contributed by atoms with Crippen LogP contribution in [-0.4, -0.2) is 9.55 Å². The Hall–Kier alpha value is -8.15. The zero-order chi connectivity index (χ0) is 41.6. The molecule has 11 rings (SSSR count). The SMILES string of the molecule is Cc1cc(-n2c3ccc(N(c4ccccc4)c4ccccc4)cc3c3cc(N(c4ccccc4)c4ccccc4)ccc32)c(C)cc1-c1ccc2nc(-c3ccccc3)oc2c1. The number of nitrogens with zero attached hydrogens (tertiary/aromatic N) is 4. The molecule has 5 nitrogen and oxygen atoms in total. The summed E-state index contributed by atoms with van der Waals surface area (Å²) in [5.41, 5.74) is 17.2. The summed E-state index contributed by atoms with van der Waals surface area (Å²) >= 11 is 0. The maximum absolute atomic E-state index is 6.31. The van der Waals surface area contributed by atoms with Gasteiger partial charge in [-0.2, -0.15) is 0 Å². The van der Waals surface area contributed by atoms with E-state index < -0.39 is 0 Å². The lowest BCUT2D eigenvalue weighted by Crippen LogP contribution is -2.09. The molecular formula is C57H42N4O. The monoisotopic (exact) mass is 798 g/mol. The van der Waals surface area contributed by atoms with Crippen LogP contribution in [-0.2, 0) is 0 Å². The van der Waals surface area contributed by atoms with Crippen LogP contribution < -0.4 is 9.80 Å². The van der Waals surface area contributed by atoms with Gasteiger partial charge in [0.1, 0.15) is 5.52 Å². The summed E-state index contributed by atoms with van der Waals surface area (Å²) < 4.78 is 8.75. The van der Waals surface area contributed by atoms with Crippen LogP contribution in [0.25, 0.3) is 61.2 Å². The summed E-state index contributed by atoms with van der Waals surface area (Å²) in [4.78, 5) is 9.47. The summed E-state index contributed by atoms with van der Waals surface area (Å²) in [6, 6.07) is 77.4. The third-order valence-corrected chi connectivity index (χ3v) is 11.8. The standard InChI is InChI=1S/C57H42N4O/c1-39-35-55(40(2)34-49(39)42-28-31-52-56(36-42)62-57(58-52)41-18-8-3-9-19-41)61-53-32-29-47(59(43-20-10-4-11-21-43)44-22-12-5-13-23-44)37-50(53)51-38-48(30-33-54(51)61)60(45-24-14-6-15-25-45)46-26-16-7-17-27-46/h3-38H,1-2H3. The summed E-state index contributed by atoms with van der Waals surface area (Å²) in [5, 5.41) is 2.34. The van der Waals surface area contributed by atoms with E-state index in [0.29, 0.717) is 5.89 Å². The molecule has 0 radical (unpaired) electrons. The van der Waals surface area contributed by atoms with Crippen molar-refractivity contribution in [2.24, 2.45) is 0 Å². The smallest absolute Gasteiger partial charge is 0.227 e. The highest BCUT2D eigenvalue weighted by Crippen LogP contribution is 2.44. The fourth-order valence-electron chi connectivity index (χ4n) is 8.89. The van der Waals surface area contributed by atoms with Gasteiger partial charge in [0, 0.05) is 56.1 Å². The van der Waals surface area contributed by atoms with E-state index in [2.05, 4.69) is 216 Å². The molecule has 0 N–H and O–H groups in total. The van der Waals surface area contributed by atoms with E-state index in [4.69, 9.17) is 9.40 Å². The van der Waals surface area contributed by atoms with Gasteiger partial charge in [-0.05, 0) is 157 Å². The van der Waals surface area contributed by atoms with Crippen molar-refractivity contribution in [2.45, 2.75) is 13.8 Å². The molecule has 0 aliphatic heterocycles. The van der Waals surface area contributed by atoms with Crippen LogP contribution in [0.1, 0.15) is 11.1 Å². The molecule has 5 heteroatoms. The molecule has 2 heterocycles. The minimum atomic E-state index is 0.630. The number of hydrogen-bond donors (Lipinski definition) is 0. The van der Waals surface area contributed by atoms with Gasteiger partial charge in [-0.15, -0.1) is 0 Å². The van der Waals surface area contributed by atoms with E-state index in [0.717, 1.165) is 73.1 Å². The van der Waals surface area contributed by atoms with Crippen molar-refractivity contribution in [1.82, 2.24) is 9.55 Å². The predicted molar refractivity (Wildman–Crippen MR) is 258 cm³/mol. The largest absolute Gasteiger partial charge is 0.436 e. The molecule has 2 aromatic heterocycles. The molecule has 296 valence electrons. The molecule has 62 heavy (non-hydrogen) atoms. The van der Waals surface area contributed by atoms with Crippen LogP contribution in [0, 0.1) is 13.8 Å². The topological polar surface area (TPSA) is 37.4 Å². The molecular weight excluding hydrogens is 757 g/mol. The maximum Gasteiger partial charge on any atom is 0.227 e. The first-order chi connectivity index (χ1) is 30.6. The summed E-state index contributed by atoms with van der Waals surface area (Å²) in [6.45, 7) is 4.43. The average molecular weight is 799 g/mol. The summed E-state index contributed by atoms with van der Waals surface area (Å²) in [6.07, 6.45) is 0. The maximum atomic E-state index is 6.31. The van der Waals surface area contributed by atoms with Gasteiger partial charge in [0.2, 0.25) is 5.89 Å². The minimum Gasteiger partial charge on any atom is -0.436 e. The van der Waals surface area contributed by atoms with Crippen molar-refractivity contribution < 1.29 is 4.42 Å². The summed E-state index contributed by atoms with van der Waals surface area (Å²) in [5.74, 6) is 0.630. The van der Waals surface area contributed by atoms with E-state index in [-0.39, 0.29) is 0 Å². The molecule has 0 fully saturated rings. The first-order valence-corrected chi connectivity index (χ1v) is 21.0. The van der Waals surface area contributed by atoms with Crippen molar-refractivity contribution in [3.05, 3.63) is 230 Å². The Morgan fingerprint density at radius 3 is 1.35 bits per heavy atom. The van der Waals surface area contributed by atoms with Gasteiger partial charge in [0.05, 0.1) is 11.0 Å². The van der Waals surface area contributed by atoms with Gasteiger partial charge in [0.15, 0.2) is 5.58 Å². The zero-order valence-corrected chi connectivity index (χ0v) is 34.5. The third kappa shape index (κ3) is 6.57. The lowest BCUT2D eigenvalue weighted by Gasteiger charge is -2.26. The lowest BCUT2D eigenvalue weighted by molar-refractivity contribution is 0.620. The Morgan fingerprint density at radius 2 is 0.871 bits per heavy atom. The van der Waals surface area contributed by atoms with Crippen LogP contribution in [0.4, 0.5) is 34.1 Å². The Morgan fingerprint density at radius 1 is 0.403 bits per heavy atom. The fourth-order valence-corrected chi connectivity index (χ4v) is 8.89. The van der Waals surface area contributed by atoms with Crippen molar-refractivity contribution in [3.63, 3.8) is 0 Å². The Bertz CT molecular complexity index is 3140. The van der Waals surface area contributed by atoms with Crippen LogP contribution in [0.5, 0.6) is 0 Å². The van der Waals surface area contributed by atoms with Crippen LogP contribution in [0.2, 0.25) is 0 Å². The summed E-state index contributed by atoms with van der Waals surface area (Å²) in [7, 11) is 0. The molecule has 0 aliphatic carbocycles. The molecule has 0 bridgehead atoms. The lowest BCUT2D eigenvalue weighted by atomic mass is 9.97. The number of benzene rings is 9. The zero-order valence-electron chi connectivity index (χ0n) is 34.5. The van der Waals surface area contributed by atoms with E-state index in [9.17, 15) is 0 Å². The molecule has 0 saturated carbocycles. The second-order valence-corrected chi connectivity index (χ2v) is 15.8. The Balaban J connectivity index is 1.10. The van der Waals surface area contributed by atoms with E-state index >= 15 is 0 Å². The highest BCUT2D eigenvalue weighted by Gasteiger charge is 2.21. The van der Waals surface area contributed by atoms with Crippen LogP contribution >= 0.6 is 0 Å². The third-order valence-electron chi connectivity index (χ3n) is 11.8. The van der Waals surface area contributed by atoms with Gasteiger partial charge < -0.3 is 18.8 Å². The molecule has 0 amide bonds. The highest BCUT2D eigenvalue weighted by molar-refractivity contribution is 6.12. The fraction of sp³-hybridized carbons (Fsp3) is 0.0351. The molecule has 0 atom stereocenters. The van der Waals surface area contributed by atoms with Crippen molar-refractivity contribution in [1.29, 1.82) is 0 Å². The van der Waals surface area contributed by atoms with Gasteiger partial charge >= 0.3 is 0 Å². The van der Waals surface area contributed by atoms with E-state index in [1.165, 1.54) is 27.5 Å². The van der Waals surface area contributed by atoms with Gasteiger partial charge in [0.25, 0.3) is 0 Å². The first-order valence-electron chi connectivity index (χ1n) is 21.0. The van der Waals surface area contributed by atoms with Crippen LogP contribution in [0.3, 0.4) is 0 Å². The molecule has 0 spiro atoms. The van der Waals surface area contributed by atoms with Crippen molar-refractivity contribution in [3.8, 4) is 28.3 Å². The van der Waals surface area contributed by atoms with E-state index in [1.54, 1.807) is 0 Å². The first kappa shape index (κ1) is 36.9. The predicted octanol–water partition coefficient (Wildman–Crippen LogP) is 15.8. The number of aromatic nitrogens is 2. The number of anilines is 6. The van der Waals surface area contributed by atoms with Crippen molar-refractivity contribution in [2.75, 3.05) is 9.80 Å². The van der Waals surface area contributed by atoms with Crippen molar-refractivity contribution >= 4 is 67.0 Å². The minimum absolute atomic E-state index is 0.630. The van der Waals surface area contributed by atoms with Gasteiger partial charge in [-0.1, -0.05) is 97.1 Å². The van der Waals surface area contributed by atoms with Gasteiger partial charge in [-0.25, -0.2) is 4.98 Å².